The topological polar surface area (TPSA) is 4.93 Å². The average molecular weight is 364 g/mol. The highest BCUT2D eigenvalue weighted by molar-refractivity contribution is 9.10. The minimum absolute atomic E-state index is 1.12. The van der Waals surface area contributed by atoms with Crippen molar-refractivity contribution >= 4 is 37.7 Å². The molecule has 23 heavy (non-hydrogen) atoms. The van der Waals surface area contributed by atoms with Crippen LogP contribution in [0.1, 0.15) is 18.9 Å². The van der Waals surface area contributed by atoms with Crippen LogP contribution in [0.3, 0.4) is 0 Å². The van der Waals surface area contributed by atoms with Crippen LogP contribution in [0.25, 0.3) is 27.5 Å². The van der Waals surface area contributed by atoms with Gasteiger partial charge in [-0.05, 0) is 52.2 Å². The summed E-state index contributed by atoms with van der Waals surface area (Å²) in [5, 5.41) is 2.58. The van der Waals surface area contributed by atoms with Crippen molar-refractivity contribution in [2.75, 3.05) is 0 Å². The maximum absolute atomic E-state index is 3.75. The van der Waals surface area contributed by atoms with E-state index >= 15 is 0 Å². The quantitative estimate of drug-likeness (QED) is 0.391. The zero-order valence-corrected chi connectivity index (χ0v) is 14.7. The summed E-state index contributed by atoms with van der Waals surface area (Å²) in [5.74, 6) is 0. The molecule has 4 rings (SSSR count). The van der Waals surface area contributed by atoms with E-state index in [1.165, 1.54) is 39.5 Å². The summed E-state index contributed by atoms with van der Waals surface area (Å²) < 4.78 is 3.50. The van der Waals surface area contributed by atoms with Crippen LogP contribution in [0.4, 0.5) is 0 Å². The van der Waals surface area contributed by atoms with Crippen molar-refractivity contribution in [3.8, 4) is 5.69 Å². The van der Waals surface area contributed by atoms with E-state index in [9.17, 15) is 0 Å². The van der Waals surface area contributed by atoms with E-state index in [1.54, 1.807) is 0 Å². The third kappa shape index (κ3) is 2.38. The van der Waals surface area contributed by atoms with Crippen LogP contribution >= 0.6 is 15.9 Å². The number of aryl methyl sites for hydroxylation is 1. The van der Waals surface area contributed by atoms with Crippen LogP contribution in [0.5, 0.6) is 0 Å². The second-order valence-corrected chi connectivity index (χ2v) is 6.76. The minimum Gasteiger partial charge on any atom is -0.308 e. The lowest BCUT2D eigenvalue weighted by Gasteiger charge is -2.10. The number of para-hydroxylation sites is 2. The van der Waals surface area contributed by atoms with Gasteiger partial charge in [0.2, 0.25) is 0 Å². The van der Waals surface area contributed by atoms with E-state index < -0.39 is 0 Å². The van der Waals surface area contributed by atoms with E-state index in [0.29, 0.717) is 0 Å². The number of hydrogen-bond acceptors (Lipinski definition) is 0. The Morgan fingerprint density at radius 1 is 0.870 bits per heavy atom. The molecule has 1 nitrogen and oxygen atoms in total. The van der Waals surface area contributed by atoms with E-state index in [2.05, 4.69) is 94.2 Å². The van der Waals surface area contributed by atoms with Gasteiger partial charge < -0.3 is 4.57 Å². The molecular formula is C21H18BrN. The summed E-state index contributed by atoms with van der Waals surface area (Å²) in [6.45, 7) is 2.23. The molecule has 0 N–H and O–H groups in total. The zero-order valence-electron chi connectivity index (χ0n) is 13.1. The molecule has 1 aromatic heterocycles. The van der Waals surface area contributed by atoms with Crippen molar-refractivity contribution in [1.82, 2.24) is 4.57 Å². The zero-order chi connectivity index (χ0) is 15.8. The number of hydrogen-bond donors (Lipinski definition) is 0. The van der Waals surface area contributed by atoms with Gasteiger partial charge in [-0.2, -0.15) is 0 Å². The molecule has 0 saturated heterocycles. The van der Waals surface area contributed by atoms with E-state index in [1.807, 2.05) is 0 Å². The maximum atomic E-state index is 3.75. The summed E-state index contributed by atoms with van der Waals surface area (Å²) in [6.07, 6.45) is 2.28. The number of benzene rings is 3. The Bertz CT molecular complexity index is 997. The van der Waals surface area contributed by atoms with Gasteiger partial charge >= 0.3 is 0 Å². The van der Waals surface area contributed by atoms with Gasteiger partial charge in [-0.25, -0.2) is 0 Å². The SMILES string of the molecule is CCCc1cccc(-n2c3ccccc3c3cccc(Br)c32)c1. The molecule has 0 aliphatic rings. The molecule has 0 bridgehead atoms. The van der Waals surface area contributed by atoms with Gasteiger partial charge in [-0.3, -0.25) is 0 Å². The first-order valence-electron chi connectivity index (χ1n) is 8.06. The molecule has 0 fully saturated rings. The smallest absolute Gasteiger partial charge is 0.0683 e. The average Bonchev–Trinajstić information content (AvgIpc) is 2.92. The summed E-state index contributed by atoms with van der Waals surface area (Å²) >= 11 is 3.75. The van der Waals surface area contributed by atoms with Gasteiger partial charge in [-0.1, -0.05) is 55.8 Å². The largest absolute Gasteiger partial charge is 0.308 e. The fraction of sp³-hybridized carbons (Fsp3) is 0.143. The second-order valence-electron chi connectivity index (χ2n) is 5.91. The Hall–Kier alpha value is -2.06. The third-order valence-electron chi connectivity index (χ3n) is 4.35. The predicted octanol–water partition coefficient (Wildman–Crippen LogP) is 6.50. The first-order valence-corrected chi connectivity index (χ1v) is 8.86. The second kappa shape index (κ2) is 5.86. The highest BCUT2D eigenvalue weighted by Crippen LogP contribution is 2.36. The van der Waals surface area contributed by atoms with Crippen molar-refractivity contribution in [2.24, 2.45) is 0 Å². The molecule has 114 valence electrons. The lowest BCUT2D eigenvalue weighted by atomic mass is 10.1. The Morgan fingerprint density at radius 2 is 1.65 bits per heavy atom. The first kappa shape index (κ1) is 14.5. The van der Waals surface area contributed by atoms with Crippen LogP contribution < -0.4 is 0 Å². The number of aromatic nitrogens is 1. The van der Waals surface area contributed by atoms with Crippen LogP contribution in [0.15, 0.2) is 71.2 Å². The Labute approximate surface area is 144 Å². The standard InChI is InChI=1S/C21H18BrN/c1-2-7-15-8-5-9-16(14-15)23-20-13-4-3-10-17(20)18-11-6-12-19(22)21(18)23/h3-6,8-14H,2,7H2,1H3. The molecule has 0 spiro atoms. The van der Waals surface area contributed by atoms with Crippen molar-refractivity contribution in [1.29, 1.82) is 0 Å². The number of rotatable bonds is 3. The summed E-state index contributed by atoms with van der Waals surface area (Å²) in [7, 11) is 0. The molecule has 0 aliphatic carbocycles. The highest BCUT2D eigenvalue weighted by atomic mass is 79.9. The molecule has 4 aromatic rings. The first-order chi connectivity index (χ1) is 11.3. The van der Waals surface area contributed by atoms with Gasteiger partial charge in [-0.15, -0.1) is 0 Å². The Kier molecular flexibility index (Phi) is 3.70. The number of fused-ring (bicyclic) bond motifs is 3. The van der Waals surface area contributed by atoms with Crippen LogP contribution in [-0.4, -0.2) is 4.57 Å². The van der Waals surface area contributed by atoms with Gasteiger partial charge in [0.1, 0.15) is 0 Å². The van der Waals surface area contributed by atoms with Crippen LogP contribution in [0.2, 0.25) is 0 Å². The number of nitrogens with zero attached hydrogens (tertiary/aromatic N) is 1. The molecule has 0 radical (unpaired) electrons. The van der Waals surface area contributed by atoms with E-state index in [0.717, 1.165) is 10.9 Å². The summed E-state index contributed by atoms with van der Waals surface area (Å²) in [5.41, 5.74) is 5.11. The van der Waals surface area contributed by atoms with Gasteiger partial charge in [0.05, 0.1) is 11.0 Å². The van der Waals surface area contributed by atoms with Crippen molar-refractivity contribution in [3.63, 3.8) is 0 Å². The fourth-order valence-electron chi connectivity index (χ4n) is 3.38. The molecule has 1 heterocycles. The predicted molar refractivity (Wildman–Crippen MR) is 102 cm³/mol. The van der Waals surface area contributed by atoms with E-state index in [-0.39, 0.29) is 0 Å². The van der Waals surface area contributed by atoms with Crippen molar-refractivity contribution in [2.45, 2.75) is 19.8 Å². The third-order valence-corrected chi connectivity index (χ3v) is 4.99. The lowest BCUT2D eigenvalue weighted by molar-refractivity contribution is 0.919. The van der Waals surface area contributed by atoms with Crippen molar-refractivity contribution in [3.05, 3.63) is 76.8 Å². The van der Waals surface area contributed by atoms with Gasteiger partial charge in [0, 0.05) is 20.9 Å². The van der Waals surface area contributed by atoms with Gasteiger partial charge in [0.15, 0.2) is 0 Å². The minimum atomic E-state index is 1.12. The highest BCUT2D eigenvalue weighted by Gasteiger charge is 2.14. The van der Waals surface area contributed by atoms with Crippen molar-refractivity contribution < 1.29 is 0 Å². The molecule has 0 unspecified atom stereocenters. The Balaban J connectivity index is 2.10. The van der Waals surface area contributed by atoms with Crippen LogP contribution in [0, 0.1) is 0 Å². The molecule has 3 aromatic carbocycles. The van der Waals surface area contributed by atoms with Crippen LogP contribution in [-0.2, 0) is 6.42 Å². The normalized spacial score (nSPS) is 11.4. The fourth-order valence-corrected chi connectivity index (χ4v) is 3.93. The summed E-state index contributed by atoms with van der Waals surface area (Å²) in [4.78, 5) is 0. The number of halogens is 1. The monoisotopic (exact) mass is 363 g/mol. The van der Waals surface area contributed by atoms with Gasteiger partial charge in [0.25, 0.3) is 0 Å². The summed E-state index contributed by atoms with van der Waals surface area (Å²) in [6, 6.07) is 24.0. The Morgan fingerprint density at radius 3 is 2.52 bits per heavy atom. The molecule has 0 aliphatic heterocycles. The molecule has 0 atom stereocenters. The molecular weight excluding hydrogens is 346 g/mol. The molecule has 0 saturated carbocycles. The van der Waals surface area contributed by atoms with E-state index in [4.69, 9.17) is 0 Å². The lowest BCUT2D eigenvalue weighted by Crippen LogP contribution is -1.95. The maximum Gasteiger partial charge on any atom is 0.0683 e. The molecule has 2 heteroatoms. The molecule has 0 amide bonds.